The molecule has 160 valence electrons. The van der Waals surface area contributed by atoms with Crippen molar-refractivity contribution in [2.75, 3.05) is 6.79 Å². The van der Waals surface area contributed by atoms with Gasteiger partial charge in [0.25, 0.3) is 6.04 Å². The quantitative estimate of drug-likeness (QED) is 0.373. The highest BCUT2D eigenvalue weighted by molar-refractivity contribution is 4.98. The number of ether oxygens (including phenoxy) is 2. The minimum atomic E-state index is -1.44. The van der Waals surface area contributed by atoms with E-state index >= 15 is 0 Å². The second-order valence-electron chi connectivity index (χ2n) is 9.45. The predicted molar refractivity (Wildman–Crippen MR) is 106 cm³/mol. The van der Waals surface area contributed by atoms with Crippen molar-refractivity contribution in [2.24, 2.45) is 17.8 Å². The predicted octanol–water partition coefficient (Wildman–Crippen LogP) is 6.27. The molecular weight excluding hydrogens is 360 g/mol. The van der Waals surface area contributed by atoms with Gasteiger partial charge in [0, 0.05) is 12.8 Å². The molecule has 0 aliphatic heterocycles. The first kappa shape index (κ1) is 22.0. The lowest BCUT2D eigenvalue weighted by atomic mass is 9.74. The molecule has 3 saturated carbocycles. The average molecular weight is 398 g/mol. The zero-order valence-electron chi connectivity index (χ0n) is 17.3. The average Bonchev–Trinajstić information content (AvgIpc) is 2.70. The van der Waals surface area contributed by atoms with Crippen molar-refractivity contribution in [3.05, 3.63) is 11.4 Å². The van der Waals surface area contributed by atoms with Crippen LogP contribution in [0.15, 0.2) is 0 Å². The van der Waals surface area contributed by atoms with Gasteiger partial charge in [0.1, 0.15) is 6.79 Å². The van der Waals surface area contributed by atoms with Gasteiger partial charge in [0.15, 0.2) is 12.3 Å². The minimum Gasteiger partial charge on any atom is -0.352 e. The van der Waals surface area contributed by atoms with Crippen LogP contribution in [0.4, 0.5) is 8.78 Å². The van der Waals surface area contributed by atoms with Gasteiger partial charge >= 0.3 is 0 Å². The van der Waals surface area contributed by atoms with E-state index < -0.39 is 24.5 Å². The molecule has 0 saturated heterocycles. The van der Waals surface area contributed by atoms with E-state index in [2.05, 4.69) is 11.8 Å². The Morgan fingerprint density at radius 3 is 2.11 bits per heavy atom. The fourth-order valence-corrected chi connectivity index (χ4v) is 5.59. The summed E-state index contributed by atoms with van der Waals surface area (Å²) in [6, 6.07) is -1.16. The molecule has 0 amide bonds. The van der Waals surface area contributed by atoms with Gasteiger partial charge in [0.2, 0.25) is 0 Å². The molecule has 3 atom stereocenters. The van der Waals surface area contributed by atoms with Gasteiger partial charge in [-0.25, -0.2) is 15.4 Å². The molecule has 0 aromatic heterocycles. The molecule has 5 heteroatoms. The molecule has 28 heavy (non-hydrogen) atoms. The van der Waals surface area contributed by atoms with Gasteiger partial charge in [-0.15, -0.1) is 0 Å². The second kappa shape index (κ2) is 10.9. The van der Waals surface area contributed by atoms with Crippen LogP contribution in [0, 0.1) is 24.3 Å². The molecule has 3 rings (SSSR count). The first-order chi connectivity index (χ1) is 13.6. The third-order valence-electron chi connectivity index (χ3n) is 7.43. The molecule has 3 aliphatic rings. The monoisotopic (exact) mass is 397 g/mol. The fraction of sp³-hybridized carbons (Fsp3) is 0.957. The SMILES string of the molecule is [C-]#[N+]C1C(F)CC(OCOC2CCC(CC(C)C3CCCCC3)CC2)CC1F. The molecule has 3 unspecified atom stereocenters. The van der Waals surface area contributed by atoms with E-state index in [4.69, 9.17) is 16.0 Å². The molecule has 0 aromatic carbocycles. The largest absolute Gasteiger partial charge is 0.352 e. The summed E-state index contributed by atoms with van der Waals surface area (Å²) < 4.78 is 39.1. The smallest absolute Gasteiger partial charge is 0.285 e. The molecule has 0 N–H and O–H groups in total. The fourth-order valence-electron chi connectivity index (χ4n) is 5.59. The Bertz CT molecular complexity index is 485. The second-order valence-corrected chi connectivity index (χ2v) is 9.45. The van der Waals surface area contributed by atoms with Crippen LogP contribution in [-0.2, 0) is 9.47 Å². The van der Waals surface area contributed by atoms with Gasteiger partial charge in [-0.3, -0.25) is 0 Å². The van der Waals surface area contributed by atoms with Gasteiger partial charge in [-0.05, 0) is 49.9 Å². The minimum absolute atomic E-state index is 0.0998. The van der Waals surface area contributed by atoms with Gasteiger partial charge in [-0.1, -0.05) is 39.0 Å². The van der Waals surface area contributed by atoms with E-state index in [9.17, 15) is 8.78 Å². The van der Waals surface area contributed by atoms with Crippen LogP contribution in [-0.4, -0.2) is 37.4 Å². The lowest BCUT2D eigenvalue weighted by Crippen LogP contribution is -2.41. The summed E-state index contributed by atoms with van der Waals surface area (Å²) in [5.74, 6) is 2.60. The number of nitrogens with zero attached hydrogens (tertiary/aromatic N) is 1. The Balaban J connectivity index is 1.29. The van der Waals surface area contributed by atoms with E-state index in [-0.39, 0.29) is 25.7 Å². The summed E-state index contributed by atoms with van der Waals surface area (Å²) in [7, 11) is 0. The van der Waals surface area contributed by atoms with Crippen LogP contribution in [0.2, 0.25) is 0 Å². The number of alkyl halides is 2. The summed E-state index contributed by atoms with van der Waals surface area (Å²) in [6.07, 6.45) is 10.1. The number of hydrogen-bond acceptors (Lipinski definition) is 2. The lowest BCUT2D eigenvalue weighted by molar-refractivity contribution is -0.143. The van der Waals surface area contributed by atoms with Crippen molar-refractivity contribution in [3.63, 3.8) is 0 Å². The molecule has 0 radical (unpaired) electrons. The summed E-state index contributed by atoms with van der Waals surface area (Å²) in [5, 5.41) is 0. The Morgan fingerprint density at radius 1 is 0.893 bits per heavy atom. The van der Waals surface area contributed by atoms with Gasteiger partial charge in [0.05, 0.1) is 12.2 Å². The van der Waals surface area contributed by atoms with Gasteiger partial charge < -0.3 is 14.3 Å². The van der Waals surface area contributed by atoms with Crippen molar-refractivity contribution in [1.29, 1.82) is 0 Å². The van der Waals surface area contributed by atoms with Crippen LogP contribution in [0.5, 0.6) is 0 Å². The molecule has 0 spiro atoms. The molecule has 0 heterocycles. The molecule has 3 fully saturated rings. The summed E-state index contributed by atoms with van der Waals surface area (Å²) in [4.78, 5) is 3.07. The van der Waals surface area contributed by atoms with Gasteiger partial charge in [-0.2, -0.15) is 0 Å². The maximum Gasteiger partial charge on any atom is 0.285 e. The van der Waals surface area contributed by atoms with E-state index in [1.54, 1.807) is 0 Å². The Labute approximate surface area is 169 Å². The Morgan fingerprint density at radius 2 is 1.50 bits per heavy atom. The van der Waals surface area contributed by atoms with Crippen molar-refractivity contribution in [3.8, 4) is 0 Å². The van der Waals surface area contributed by atoms with E-state index in [1.165, 1.54) is 51.4 Å². The lowest BCUT2D eigenvalue weighted by Gasteiger charge is -2.34. The molecular formula is C23H37F2NO2. The first-order valence-corrected chi connectivity index (χ1v) is 11.4. The molecule has 0 aromatic rings. The third kappa shape index (κ3) is 6.13. The maximum atomic E-state index is 13.8. The summed E-state index contributed by atoms with van der Waals surface area (Å²) >= 11 is 0. The first-order valence-electron chi connectivity index (χ1n) is 11.4. The molecule has 3 nitrogen and oxygen atoms in total. The maximum absolute atomic E-state index is 13.8. The van der Waals surface area contributed by atoms with E-state index in [0.29, 0.717) is 0 Å². The highest BCUT2D eigenvalue weighted by atomic mass is 19.1. The van der Waals surface area contributed by atoms with E-state index in [1.807, 2.05) is 0 Å². The summed E-state index contributed by atoms with van der Waals surface area (Å²) in [6.45, 7) is 9.45. The number of halogens is 2. The zero-order valence-corrected chi connectivity index (χ0v) is 17.3. The zero-order chi connectivity index (χ0) is 19.9. The van der Waals surface area contributed by atoms with Crippen LogP contribution in [0.3, 0.4) is 0 Å². The van der Waals surface area contributed by atoms with Crippen LogP contribution in [0.1, 0.15) is 84.0 Å². The Kier molecular flexibility index (Phi) is 8.53. The molecule has 0 bridgehead atoms. The standard InChI is InChI=1S/C23H37F2NO2/c1-16(18-6-4-3-5-7-18)12-17-8-10-19(11-9-17)27-15-28-20-13-21(24)23(26-2)22(25)14-20/h16-23H,3-15H2,1H3. The highest BCUT2D eigenvalue weighted by Crippen LogP contribution is 2.37. The number of hydrogen-bond donors (Lipinski definition) is 0. The van der Waals surface area contributed by atoms with Crippen molar-refractivity contribution in [1.82, 2.24) is 0 Å². The molecule has 3 aliphatic carbocycles. The van der Waals surface area contributed by atoms with Crippen molar-refractivity contribution < 1.29 is 18.3 Å². The normalized spacial score (nSPS) is 38.6. The topological polar surface area (TPSA) is 22.8 Å². The van der Waals surface area contributed by atoms with Crippen molar-refractivity contribution >= 4 is 0 Å². The summed E-state index contributed by atoms with van der Waals surface area (Å²) in [5.41, 5.74) is 0. The highest BCUT2D eigenvalue weighted by Gasteiger charge is 2.43. The third-order valence-corrected chi connectivity index (χ3v) is 7.43. The van der Waals surface area contributed by atoms with E-state index in [0.717, 1.165) is 30.6 Å². The van der Waals surface area contributed by atoms with Crippen molar-refractivity contribution in [2.45, 2.75) is 115 Å². The number of rotatable bonds is 7. The van der Waals surface area contributed by atoms with Crippen LogP contribution in [0.25, 0.3) is 4.85 Å². The van der Waals surface area contributed by atoms with Crippen LogP contribution >= 0.6 is 0 Å². The van der Waals surface area contributed by atoms with Crippen LogP contribution < -0.4 is 0 Å². The Hall–Kier alpha value is -0.730.